The number of halogens is 1. The maximum atomic E-state index is 14.0. The molecule has 40 heavy (non-hydrogen) atoms. The SMILES string of the molecule is C[C@H](Oc1ccn2c(C(=O)c3ccc(Cl)cc3)c(CC(C)(C)C(=O)O)c(C(=O)C(C)(C)C)c2c1)c1ccccn1. The van der Waals surface area contributed by atoms with Crippen LogP contribution in [0.2, 0.25) is 5.02 Å². The molecule has 0 saturated carbocycles. The smallest absolute Gasteiger partial charge is 0.309 e. The van der Waals surface area contributed by atoms with Crippen LogP contribution in [0, 0.1) is 10.8 Å². The summed E-state index contributed by atoms with van der Waals surface area (Å²) < 4.78 is 7.86. The molecule has 8 heteroatoms. The fourth-order valence-electron chi connectivity index (χ4n) is 4.54. The Hall–Kier alpha value is -3.97. The molecule has 0 amide bonds. The van der Waals surface area contributed by atoms with Gasteiger partial charge >= 0.3 is 5.97 Å². The number of benzene rings is 1. The number of pyridine rings is 2. The zero-order chi connectivity index (χ0) is 29.4. The molecule has 0 spiro atoms. The zero-order valence-corrected chi connectivity index (χ0v) is 24.2. The molecule has 3 aromatic heterocycles. The number of nitrogens with zero attached hydrogens (tertiary/aromatic N) is 2. The predicted molar refractivity (Wildman–Crippen MR) is 154 cm³/mol. The molecule has 0 aliphatic heterocycles. The number of carboxylic acids is 1. The lowest BCUT2D eigenvalue weighted by Gasteiger charge is -2.22. The summed E-state index contributed by atoms with van der Waals surface area (Å²) in [5, 5.41) is 10.5. The van der Waals surface area contributed by atoms with E-state index in [1.807, 2.05) is 25.1 Å². The monoisotopic (exact) mass is 560 g/mol. The maximum Gasteiger partial charge on any atom is 0.309 e. The van der Waals surface area contributed by atoms with Gasteiger partial charge in [-0.3, -0.25) is 19.4 Å². The van der Waals surface area contributed by atoms with E-state index in [4.69, 9.17) is 16.3 Å². The molecule has 0 aliphatic carbocycles. The van der Waals surface area contributed by atoms with Crippen LogP contribution in [0.3, 0.4) is 0 Å². The molecule has 0 unspecified atom stereocenters. The van der Waals surface area contributed by atoms with Crippen molar-refractivity contribution in [3.63, 3.8) is 0 Å². The van der Waals surface area contributed by atoms with E-state index in [1.54, 1.807) is 87.8 Å². The first-order chi connectivity index (χ1) is 18.7. The Labute approximate surface area is 238 Å². The number of rotatable bonds is 9. The molecule has 4 aromatic rings. The van der Waals surface area contributed by atoms with E-state index in [2.05, 4.69) is 4.98 Å². The van der Waals surface area contributed by atoms with Gasteiger partial charge < -0.3 is 14.2 Å². The van der Waals surface area contributed by atoms with Crippen LogP contribution in [0.4, 0.5) is 0 Å². The van der Waals surface area contributed by atoms with Crippen molar-refractivity contribution in [2.45, 2.75) is 54.1 Å². The molecule has 0 fully saturated rings. The normalized spacial score (nSPS) is 12.8. The first-order valence-corrected chi connectivity index (χ1v) is 13.4. The molecule has 1 aromatic carbocycles. The van der Waals surface area contributed by atoms with E-state index in [0.29, 0.717) is 33.0 Å². The van der Waals surface area contributed by atoms with Crippen LogP contribution in [0.1, 0.15) is 85.3 Å². The summed E-state index contributed by atoms with van der Waals surface area (Å²) >= 11 is 6.06. The molecule has 0 bridgehead atoms. The Balaban J connectivity index is 1.99. The molecule has 1 N–H and O–H groups in total. The third kappa shape index (κ3) is 5.80. The lowest BCUT2D eigenvalue weighted by atomic mass is 9.79. The standard InChI is InChI=1S/C32H33ClN2O5/c1-19(24-9-7-8-15-34-24)40-22-14-16-35-25(17-22)26(29(37)31(2,3)4)23(18-32(5,6)30(38)39)27(35)28(36)20-10-12-21(33)13-11-20/h7-17,19H,18H2,1-6H3,(H,38,39)/t19-/m0/s1. The van der Waals surface area contributed by atoms with Crippen molar-refractivity contribution in [3.8, 4) is 5.75 Å². The Morgan fingerprint density at radius 2 is 1.70 bits per heavy atom. The predicted octanol–water partition coefficient (Wildman–Crippen LogP) is 7.24. The average Bonchev–Trinajstić information content (AvgIpc) is 3.20. The second-order valence-electron chi connectivity index (χ2n) is 11.6. The zero-order valence-electron chi connectivity index (χ0n) is 23.5. The number of hydrogen-bond acceptors (Lipinski definition) is 5. The highest BCUT2D eigenvalue weighted by Gasteiger charge is 2.37. The molecular weight excluding hydrogens is 528 g/mol. The number of carbonyl (C=O) groups excluding carboxylic acids is 2. The summed E-state index contributed by atoms with van der Waals surface area (Å²) in [5.41, 5.74) is 0.478. The van der Waals surface area contributed by atoms with E-state index in [-0.39, 0.29) is 29.8 Å². The lowest BCUT2D eigenvalue weighted by molar-refractivity contribution is -0.146. The summed E-state index contributed by atoms with van der Waals surface area (Å²) in [6.45, 7) is 10.5. The van der Waals surface area contributed by atoms with Crippen molar-refractivity contribution in [2.24, 2.45) is 10.8 Å². The summed E-state index contributed by atoms with van der Waals surface area (Å²) in [4.78, 5) is 44.6. The fourth-order valence-corrected chi connectivity index (χ4v) is 4.67. The second-order valence-corrected chi connectivity index (χ2v) is 12.1. The van der Waals surface area contributed by atoms with Crippen LogP contribution in [-0.4, -0.2) is 32.0 Å². The van der Waals surface area contributed by atoms with E-state index in [1.165, 1.54) is 0 Å². The van der Waals surface area contributed by atoms with E-state index in [9.17, 15) is 19.5 Å². The van der Waals surface area contributed by atoms with Crippen LogP contribution >= 0.6 is 11.6 Å². The van der Waals surface area contributed by atoms with Gasteiger partial charge in [-0.25, -0.2) is 0 Å². The van der Waals surface area contributed by atoms with Gasteiger partial charge in [0.15, 0.2) is 5.78 Å². The second kappa shape index (κ2) is 10.9. The molecule has 4 rings (SSSR count). The highest BCUT2D eigenvalue weighted by atomic mass is 35.5. The number of carboxylic acid groups (broad SMARTS) is 1. The molecule has 3 heterocycles. The van der Waals surface area contributed by atoms with Crippen LogP contribution < -0.4 is 4.74 Å². The number of aromatic nitrogens is 2. The number of fused-ring (bicyclic) bond motifs is 1. The van der Waals surface area contributed by atoms with Crippen molar-refractivity contribution >= 4 is 34.7 Å². The number of aliphatic carboxylic acids is 1. The van der Waals surface area contributed by atoms with Crippen LogP contribution in [0.5, 0.6) is 5.75 Å². The van der Waals surface area contributed by atoms with Crippen molar-refractivity contribution in [1.29, 1.82) is 0 Å². The number of hydrogen-bond donors (Lipinski definition) is 1. The van der Waals surface area contributed by atoms with Gasteiger partial charge in [0.25, 0.3) is 0 Å². The highest BCUT2D eigenvalue weighted by Crippen LogP contribution is 2.37. The number of ether oxygens (including phenoxy) is 1. The van der Waals surface area contributed by atoms with Crippen LogP contribution in [-0.2, 0) is 11.2 Å². The summed E-state index contributed by atoms with van der Waals surface area (Å²) in [5.74, 6) is -1.09. The van der Waals surface area contributed by atoms with Gasteiger partial charge in [0.05, 0.1) is 22.3 Å². The minimum absolute atomic E-state index is 0.0314. The van der Waals surface area contributed by atoms with Gasteiger partial charge in [-0.2, -0.15) is 0 Å². The topological polar surface area (TPSA) is 98.0 Å². The summed E-state index contributed by atoms with van der Waals surface area (Å²) in [6.07, 6.45) is 2.98. The quantitative estimate of drug-likeness (QED) is 0.217. The van der Waals surface area contributed by atoms with E-state index < -0.39 is 16.8 Å². The Morgan fingerprint density at radius 3 is 2.27 bits per heavy atom. The largest absolute Gasteiger partial charge is 0.484 e. The molecule has 0 saturated heterocycles. The summed E-state index contributed by atoms with van der Waals surface area (Å²) in [7, 11) is 0. The maximum absolute atomic E-state index is 14.0. The van der Waals surface area contributed by atoms with E-state index in [0.717, 1.165) is 5.69 Å². The first kappa shape index (κ1) is 29.0. The lowest BCUT2D eigenvalue weighted by Crippen LogP contribution is -2.29. The average molecular weight is 561 g/mol. The molecule has 1 atom stereocenters. The minimum atomic E-state index is -1.25. The number of carbonyl (C=O) groups is 3. The van der Waals surface area contributed by atoms with Crippen LogP contribution in [0.25, 0.3) is 5.52 Å². The van der Waals surface area contributed by atoms with Crippen LogP contribution in [0.15, 0.2) is 67.0 Å². The third-order valence-electron chi connectivity index (χ3n) is 6.86. The fraction of sp³-hybridized carbons (Fsp3) is 0.312. The van der Waals surface area contributed by atoms with Crippen molar-refractivity contribution in [2.75, 3.05) is 0 Å². The Bertz CT molecular complexity index is 1580. The highest BCUT2D eigenvalue weighted by molar-refractivity contribution is 6.30. The van der Waals surface area contributed by atoms with Gasteiger partial charge in [-0.15, -0.1) is 0 Å². The molecule has 7 nitrogen and oxygen atoms in total. The van der Waals surface area contributed by atoms with Gasteiger partial charge in [0.1, 0.15) is 11.9 Å². The number of Topliss-reactive ketones (excluding diaryl/α,β-unsaturated/α-hetero) is 1. The molecule has 208 valence electrons. The summed E-state index contributed by atoms with van der Waals surface area (Å²) in [6, 6.07) is 15.5. The molecular formula is C32H33ClN2O5. The van der Waals surface area contributed by atoms with Gasteiger partial charge in [-0.1, -0.05) is 38.4 Å². The van der Waals surface area contributed by atoms with E-state index >= 15 is 0 Å². The van der Waals surface area contributed by atoms with Gasteiger partial charge in [0, 0.05) is 40.0 Å². The number of ketones is 2. The Kier molecular flexibility index (Phi) is 7.90. The molecule has 0 aliphatic rings. The molecule has 0 radical (unpaired) electrons. The minimum Gasteiger partial charge on any atom is -0.484 e. The first-order valence-electron chi connectivity index (χ1n) is 13.0. The third-order valence-corrected chi connectivity index (χ3v) is 7.11. The van der Waals surface area contributed by atoms with Gasteiger partial charge in [-0.05, 0) is 75.2 Å². The Morgan fingerprint density at radius 1 is 1.02 bits per heavy atom. The van der Waals surface area contributed by atoms with Crippen molar-refractivity contribution in [1.82, 2.24) is 9.38 Å². The van der Waals surface area contributed by atoms with Gasteiger partial charge in [0.2, 0.25) is 5.78 Å². The van der Waals surface area contributed by atoms with Crippen molar-refractivity contribution < 1.29 is 24.2 Å². The van der Waals surface area contributed by atoms with Crippen molar-refractivity contribution in [3.05, 3.63) is 100 Å².